The highest BCUT2D eigenvalue weighted by Gasteiger charge is 2.26. The van der Waals surface area contributed by atoms with E-state index in [4.69, 9.17) is 10.6 Å². The maximum absolute atomic E-state index is 7.89. The highest BCUT2D eigenvalue weighted by atomic mass is 32.2. The molecule has 0 bridgehead atoms. The van der Waals surface area contributed by atoms with Gasteiger partial charge in [0.25, 0.3) is 0 Å². The molecule has 0 saturated heterocycles. The molecule has 0 aromatic carbocycles. The van der Waals surface area contributed by atoms with Gasteiger partial charge in [0.05, 0.1) is 0 Å². The van der Waals surface area contributed by atoms with Gasteiger partial charge in [-0.05, 0) is 25.0 Å². The molecule has 0 radical (unpaired) electrons. The Morgan fingerprint density at radius 3 is 2.77 bits per heavy atom. The second-order valence-corrected chi connectivity index (χ2v) is 4.87. The van der Waals surface area contributed by atoms with Gasteiger partial charge in [-0.2, -0.15) is 0 Å². The molecule has 0 spiro atoms. The Kier molecular flexibility index (Phi) is 2.28. The Morgan fingerprint density at radius 1 is 1.54 bits per heavy atom. The van der Waals surface area contributed by atoms with Gasteiger partial charge in [-0.1, -0.05) is 10.7 Å². The van der Waals surface area contributed by atoms with Crippen LogP contribution in [0.3, 0.4) is 0 Å². The zero-order valence-corrected chi connectivity index (χ0v) is 7.97. The fourth-order valence-electron chi connectivity index (χ4n) is 1.09. The number of nitrogen functional groups attached to an aromatic ring is 1. The van der Waals surface area contributed by atoms with Gasteiger partial charge in [0.15, 0.2) is 0 Å². The monoisotopic (exact) mass is 196 g/mol. The average molecular weight is 196 g/mol. The van der Waals surface area contributed by atoms with Crippen LogP contribution in [0.1, 0.15) is 12.8 Å². The third-order valence-electron chi connectivity index (χ3n) is 2.00. The summed E-state index contributed by atoms with van der Waals surface area (Å²) in [7, 11) is -0.365. The van der Waals surface area contributed by atoms with Gasteiger partial charge in [-0.25, -0.2) is 10.8 Å². The van der Waals surface area contributed by atoms with Gasteiger partial charge >= 0.3 is 0 Å². The van der Waals surface area contributed by atoms with Crippen molar-refractivity contribution in [1.82, 2.24) is 4.98 Å². The fourth-order valence-corrected chi connectivity index (χ4v) is 2.47. The molecule has 70 valence electrons. The Hall–Kier alpha value is -0.940. The van der Waals surface area contributed by atoms with Gasteiger partial charge in [0.2, 0.25) is 0 Å². The van der Waals surface area contributed by atoms with Crippen molar-refractivity contribution in [2.75, 3.05) is 5.43 Å². The van der Waals surface area contributed by atoms with E-state index in [9.17, 15) is 0 Å². The van der Waals surface area contributed by atoms with Crippen molar-refractivity contribution in [2.24, 2.45) is 5.84 Å². The first-order valence-corrected chi connectivity index (χ1v) is 5.47. The summed E-state index contributed by atoms with van der Waals surface area (Å²) in [5.74, 6) is 5.84. The number of pyridine rings is 1. The SMILES string of the molecule is N=S(c1ccc(NN)nc1)C1CC1. The predicted molar refractivity (Wildman–Crippen MR) is 53.4 cm³/mol. The summed E-state index contributed by atoms with van der Waals surface area (Å²) >= 11 is 0. The number of anilines is 1. The molecule has 1 saturated carbocycles. The van der Waals surface area contributed by atoms with Crippen LogP contribution in [0.2, 0.25) is 0 Å². The van der Waals surface area contributed by atoms with Crippen LogP contribution in [-0.2, 0) is 10.7 Å². The molecule has 5 heteroatoms. The molecule has 13 heavy (non-hydrogen) atoms. The number of nitrogens with one attached hydrogen (secondary N) is 2. The molecule has 4 nitrogen and oxygen atoms in total. The van der Waals surface area contributed by atoms with Gasteiger partial charge in [0, 0.05) is 16.3 Å². The summed E-state index contributed by atoms with van der Waals surface area (Å²) in [5, 5.41) is 0.582. The molecule has 1 aliphatic carbocycles. The molecule has 1 unspecified atom stereocenters. The molecule has 1 fully saturated rings. The number of hydrogen-bond acceptors (Lipinski definition) is 4. The van der Waals surface area contributed by atoms with Crippen molar-refractivity contribution in [3.8, 4) is 0 Å². The topological polar surface area (TPSA) is 74.8 Å². The highest BCUT2D eigenvalue weighted by Crippen LogP contribution is 2.30. The maximum atomic E-state index is 7.89. The van der Waals surface area contributed by atoms with Crippen molar-refractivity contribution in [3.05, 3.63) is 18.3 Å². The minimum atomic E-state index is -0.365. The second-order valence-electron chi connectivity index (χ2n) is 3.06. The number of nitrogens with two attached hydrogens (primary N) is 1. The first-order chi connectivity index (χ1) is 6.31. The molecule has 2 rings (SSSR count). The number of rotatable bonds is 3. The van der Waals surface area contributed by atoms with Crippen molar-refractivity contribution in [2.45, 2.75) is 23.0 Å². The molecule has 1 aromatic heterocycles. The van der Waals surface area contributed by atoms with Crippen LogP contribution in [0, 0.1) is 4.78 Å². The minimum absolute atomic E-state index is 0.365. The summed E-state index contributed by atoms with van der Waals surface area (Å²) in [6, 6.07) is 3.74. The molecule has 4 N–H and O–H groups in total. The van der Waals surface area contributed by atoms with Crippen LogP contribution in [0.5, 0.6) is 0 Å². The molecular formula is C8H12N4S. The standard InChI is InChI=1S/C8H12N4S/c9-12-8-4-3-7(5-11-8)13(10)6-1-2-6/h3-6,10H,1-2,9H2,(H,11,12). The molecule has 0 aliphatic heterocycles. The number of hydrazine groups is 1. The van der Waals surface area contributed by atoms with Crippen molar-refractivity contribution < 1.29 is 0 Å². The van der Waals surface area contributed by atoms with E-state index in [1.54, 1.807) is 6.20 Å². The van der Waals surface area contributed by atoms with E-state index in [1.807, 2.05) is 12.1 Å². The molecule has 1 aromatic rings. The van der Waals surface area contributed by atoms with E-state index >= 15 is 0 Å². The number of aromatic nitrogens is 1. The van der Waals surface area contributed by atoms with Crippen molar-refractivity contribution in [3.63, 3.8) is 0 Å². The highest BCUT2D eigenvalue weighted by molar-refractivity contribution is 7.87. The normalized spacial score (nSPS) is 18.2. The third-order valence-corrected chi connectivity index (χ3v) is 3.88. The summed E-state index contributed by atoms with van der Waals surface area (Å²) in [5.41, 5.74) is 2.47. The van der Waals surface area contributed by atoms with Crippen LogP contribution >= 0.6 is 0 Å². The zero-order valence-electron chi connectivity index (χ0n) is 7.16. The van der Waals surface area contributed by atoms with Crippen molar-refractivity contribution >= 4 is 16.5 Å². The van der Waals surface area contributed by atoms with Crippen LogP contribution in [0.25, 0.3) is 0 Å². The first-order valence-electron chi connectivity index (χ1n) is 4.18. The Morgan fingerprint density at radius 2 is 2.31 bits per heavy atom. The average Bonchev–Trinajstić information content (AvgIpc) is 3.00. The fraction of sp³-hybridized carbons (Fsp3) is 0.375. The van der Waals surface area contributed by atoms with E-state index < -0.39 is 0 Å². The first kappa shape index (κ1) is 8.65. The summed E-state index contributed by atoms with van der Waals surface area (Å²) in [6.07, 6.45) is 4.14. The third kappa shape index (κ3) is 1.87. The van der Waals surface area contributed by atoms with E-state index in [1.165, 1.54) is 12.8 Å². The van der Waals surface area contributed by atoms with Crippen LogP contribution in [-0.4, -0.2) is 10.2 Å². The summed E-state index contributed by atoms with van der Waals surface area (Å²) in [6.45, 7) is 0. The molecule has 1 aliphatic rings. The lowest BCUT2D eigenvalue weighted by molar-refractivity contribution is 1.17. The minimum Gasteiger partial charge on any atom is -0.308 e. The van der Waals surface area contributed by atoms with Crippen LogP contribution in [0.15, 0.2) is 23.2 Å². The summed E-state index contributed by atoms with van der Waals surface area (Å²) in [4.78, 5) is 5.09. The maximum Gasteiger partial charge on any atom is 0.139 e. The lowest BCUT2D eigenvalue weighted by Gasteiger charge is -2.03. The zero-order chi connectivity index (χ0) is 9.26. The quantitative estimate of drug-likeness (QED) is 0.503. The van der Waals surface area contributed by atoms with E-state index in [0.717, 1.165) is 4.90 Å². The van der Waals surface area contributed by atoms with Gasteiger partial charge < -0.3 is 5.43 Å². The predicted octanol–water partition coefficient (Wildman–Crippen LogP) is 1.27. The van der Waals surface area contributed by atoms with E-state index in [-0.39, 0.29) is 10.7 Å². The largest absolute Gasteiger partial charge is 0.308 e. The van der Waals surface area contributed by atoms with Crippen LogP contribution < -0.4 is 11.3 Å². The van der Waals surface area contributed by atoms with E-state index in [0.29, 0.717) is 11.1 Å². The Labute approximate surface area is 79.4 Å². The number of hydrogen-bond donors (Lipinski definition) is 3. The lowest BCUT2D eigenvalue weighted by Crippen LogP contribution is -2.08. The molecular weight excluding hydrogens is 184 g/mol. The second kappa shape index (κ2) is 3.43. The Balaban J connectivity index is 2.16. The molecule has 0 amide bonds. The van der Waals surface area contributed by atoms with Gasteiger partial charge in [-0.3, -0.25) is 4.78 Å². The number of nitrogens with zero attached hydrogens (tertiary/aromatic N) is 1. The van der Waals surface area contributed by atoms with Gasteiger partial charge in [-0.15, -0.1) is 0 Å². The van der Waals surface area contributed by atoms with Gasteiger partial charge in [0.1, 0.15) is 5.82 Å². The smallest absolute Gasteiger partial charge is 0.139 e. The summed E-state index contributed by atoms with van der Waals surface area (Å²) < 4.78 is 7.89. The Bertz CT molecular complexity index is 317. The van der Waals surface area contributed by atoms with Crippen LogP contribution in [0.4, 0.5) is 5.82 Å². The lowest BCUT2D eigenvalue weighted by atomic mass is 10.5. The molecule has 1 heterocycles. The van der Waals surface area contributed by atoms with Crippen molar-refractivity contribution in [1.29, 1.82) is 4.78 Å². The molecule has 1 atom stereocenters. The van der Waals surface area contributed by atoms with E-state index in [2.05, 4.69) is 10.4 Å².